The zero-order valence-corrected chi connectivity index (χ0v) is 16.7. The van der Waals surface area contributed by atoms with Crippen LogP contribution < -0.4 is 5.32 Å². The van der Waals surface area contributed by atoms with Crippen molar-refractivity contribution in [2.45, 2.75) is 38.6 Å². The van der Waals surface area contributed by atoms with Crippen LogP contribution in [0.2, 0.25) is 0 Å². The van der Waals surface area contributed by atoms with E-state index in [0.717, 1.165) is 29.7 Å². The molecule has 2 N–H and O–H groups in total. The van der Waals surface area contributed by atoms with E-state index in [9.17, 15) is 4.79 Å². The molecule has 29 heavy (non-hydrogen) atoms. The van der Waals surface area contributed by atoms with Crippen LogP contribution in [-0.2, 0) is 0 Å². The van der Waals surface area contributed by atoms with E-state index < -0.39 is 0 Å². The topological polar surface area (TPSA) is 99.7 Å². The number of likely N-dealkylation sites (tertiary alicyclic amines) is 1. The largest absolute Gasteiger partial charge is 0.352 e. The number of piperidine rings is 1. The van der Waals surface area contributed by atoms with Crippen LogP contribution in [0.15, 0.2) is 43.0 Å². The van der Waals surface area contributed by atoms with E-state index in [2.05, 4.69) is 39.3 Å². The van der Waals surface area contributed by atoms with Gasteiger partial charge in [-0.15, -0.1) is 0 Å². The van der Waals surface area contributed by atoms with Gasteiger partial charge in [0.05, 0.1) is 5.69 Å². The van der Waals surface area contributed by atoms with E-state index in [1.807, 2.05) is 23.2 Å². The number of nitrogens with one attached hydrogen (secondary N) is 2. The zero-order valence-electron chi connectivity index (χ0n) is 16.7. The predicted molar refractivity (Wildman–Crippen MR) is 110 cm³/mol. The number of hydrogen-bond donors (Lipinski definition) is 2. The second-order valence-electron chi connectivity index (χ2n) is 7.56. The lowest BCUT2D eigenvalue weighted by Crippen LogP contribution is -2.38. The Labute approximate surface area is 169 Å². The number of aromatic nitrogens is 5. The van der Waals surface area contributed by atoms with Crippen molar-refractivity contribution in [3.63, 3.8) is 0 Å². The monoisotopic (exact) mass is 391 g/mol. The van der Waals surface area contributed by atoms with E-state index >= 15 is 0 Å². The van der Waals surface area contributed by atoms with Gasteiger partial charge in [0.2, 0.25) is 5.95 Å². The molecule has 1 aliphatic heterocycles. The molecule has 8 nitrogen and oxygen atoms in total. The lowest BCUT2D eigenvalue weighted by Gasteiger charge is -2.32. The number of carbonyl (C=O) groups excluding carboxylic acids is 1. The predicted octanol–water partition coefficient (Wildman–Crippen LogP) is 3.10. The standard InChI is InChI=1S/C21H25N7O/c1-14(2)25-21-23-13-17(15-3-8-22-9-4-15)19(26-21)16-6-11-28(12-7-16)20(29)18-5-10-24-27-18/h3-5,8-10,13-14,16H,6-7,11-12H2,1-2H3,(H,24,27)(H,23,25,26). The SMILES string of the molecule is CC(C)Nc1ncc(-c2ccncc2)c(C2CCN(C(=O)c3ccn[nH]3)CC2)n1. The van der Waals surface area contributed by atoms with Crippen molar-refractivity contribution >= 4 is 11.9 Å². The van der Waals surface area contributed by atoms with Gasteiger partial charge in [-0.05, 0) is 50.5 Å². The molecular formula is C21H25N7O. The molecule has 0 aromatic carbocycles. The van der Waals surface area contributed by atoms with Crippen molar-refractivity contribution in [3.8, 4) is 11.1 Å². The molecule has 4 rings (SSSR count). The number of amides is 1. The summed E-state index contributed by atoms with van der Waals surface area (Å²) >= 11 is 0. The smallest absolute Gasteiger partial charge is 0.271 e. The third-order valence-electron chi connectivity index (χ3n) is 5.13. The zero-order chi connectivity index (χ0) is 20.2. The van der Waals surface area contributed by atoms with Crippen molar-refractivity contribution < 1.29 is 4.79 Å². The molecule has 0 saturated carbocycles. The first-order chi connectivity index (χ1) is 14.1. The Balaban J connectivity index is 1.57. The molecule has 0 aliphatic carbocycles. The molecule has 8 heteroatoms. The van der Waals surface area contributed by atoms with Gasteiger partial charge >= 0.3 is 0 Å². The molecule has 150 valence electrons. The molecule has 0 atom stereocenters. The number of anilines is 1. The van der Waals surface area contributed by atoms with Crippen LogP contribution in [0.1, 0.15) is 48.8 Å². The summed E-state index contributed by atoms with van der Waals surface area (Å²) in [5.74, 6) is 0.906. The van der Waals surface area contributed by atoms with Crippen molar-refractivity contribution in [2.24, 2.45) is 0 Å². The quantitative estimate of drug-likeness (QED) is 0.693. The first-order valence-electron chi connectivity index (χ1n) is 9.94. The van der Waals surface area contributed by atoms with Crippen LogP contribution in [0.25, 0.3) is 11.1 Å². The number of pyridine rings is 1. The molecule has 3 aromatic rings. The Hall–Kier alpha value is -3.29. The Kier molecular flexibility index (Phi) is 5.50. The molecule has 1 saturated heterocycles. The van der Waals surface area contributed by atoms with Crippen molar-refractivity contribution in [2.75, 3.05) is 18.4 Å². The van der Waals surface area contributed by atoms with Crippen LogP contribution in [0, 0.1) is 0 Å². The summed E-state index contributed by atoms with van der Waals surface area (Å²) < 4.78 is 0. The van der Waals surface area contributed by atoms with E-state index in [-0.39, 0.29) is 17.9 Å². The molecule has 3 aromatic heterocycles. The second kappa shape index (κ2) is 8.38. The summed E-state index contributed by atoms with van der Waals surface area (Å²) in [6.07, 6.45) is 8.78. The van der Waals surface area contributed by atoms with E-state index in [4.69, 9.17) is 4.98 Å². The summed E-state index contributed by atoms with van der Waals surface area (Å²) in [6, 6.07) is 5.93. The van der Waals surface area contributed by atoms with Crippen LogP contribution in [-0.4, -0.2) is 55.1 Å². The highest BCUT2D eigenvalue weighted by atomic mass is 16.2. The molecule has 0 unspecified atom stereocenters. The average Bonchev–Trinajstić information content (AvgIpc) is 3.28. The summed E-state index contributed by atoms with van der Waals surface area (Å²) in [6.45, 7) is 5.52. The van der Waals surface area contributed by atoms with Gasteiger partial charge in [-0.1, -0.05) is 0 Å². The maximum absolute atomic E-state index is 12.6. The Bertz CT molecular complexity index is 948. The number of rotatable bonds is 5. The number of aromatic amines is 1. The van der Waals surface area contributed by atoms with Gasteiger partial charge in [0.1, 0.15) is 5.69 Å². The fraction of sp³-hybridized carbons (Fsp3) is 0.381. The van der Waals surface area contributed by atoms with Crippen LogP contribution >= 0.6 is 0 Å². The minimum atomic E-state index is 0.000147. The summed E-state index contributed by atoms with van der Waals surface area (Å²) in [7, 11) is 0. The number of nitrogens with zero attached hydrogens (tertiary/aromatic N) is 5. The van der Waals surface area contributed by atoms with Gasteiger partial charge in [-0.2, -0.15) is 5.10 Å². The Morgan fingerprint density at radius 3 is 2.59 bits per heavy atom. The number of H-pyrrole nitrogens is 1. The van der Waals surface area contributed by atoms with Crippen molar-refractivity contribution in [1.82, 2.24) is 30.0 Å². The minimum absolute atomic E-state index is 0.000147. The molecule has 0 spiro atoms. The highest BCUT2D eigenvalue weighted by Gasteiger charge is 2.28. The summed E-state index contributed by atoms with van der Waals surface area (Å²) in [4.78, 5) is 28.0. The molecule has 4 heterocycles. The fourth-order valence-electron chi connectivity index (χ4n) is 3.69. The van der Waals surface area contributed by atoms with Crippen LogP contribution in [0.4, 0.5) is 5.95 Å². The molecule has 1 amide bonds. The molecule has 0 bridgehead atoms. The third-order valence-corrected chi connectivity index (χ3v) is 5.13. The van der Waals surface area contributed by atoms with Crippen LogP contribution in [0.5, 0.6) is 0 Å². The van der Waals surface area contributed by atoms with Gasteiger partial charge in [0.15, 0.2) is 0 Å². The van der Waals surface area contributed by atoms with Crippen molar-refractivity contribution in [3.05, 3.63) is 54.4 Å². The maximum atomic E-state index is 12.6. The van der Waals surface area contributed by atoms with E-state index in [0.29, 0.717) is 24.7 Å². The highest BCUT2D eigenvalue weighted by molar-refractivity contribution is 5.92. The number of hydrogen-bond acceptors (Lipinski definition) is 6. The molecule has 1 fully saturated rings. The summed E-state index contributed by atoms with van der Waals surface area (Å²) in [5, 5.41) is 9.93. The first kappa shape index (κ1) is 19.0. The first-order valence-corrected chi connectivity index (χ1v) is 9.94. The third kappa shape index (κ3) is 4.26. The second-order valence-corrected chi connectivity index (χ2v) is 7.56. The Morgan fingerprint density at radius 1 is 1.17 bits per heavy atom. The highest BCUT2D eigenvalue weighted by Crippen LogP contribution is 2.34. The number of carbonyl (C=O) groups is 1. The van der Waals surface area contributed by atoms with Crippen LogP contribution in [0.3, 0.4) is 0 Å². The average molecular weight is 391 g/mol. The fourth-order valence-corrected chi connectivity index (χ4v) is 3.69. The minimum Gasteiger partial charge on any atom is -0.352 e. The van der Waals surface area contributed by atoms with Gasteiger partial charge in [0.25, 0.3) is 5.91 Å². The summed E-state index contributed by atoms with van der Waals surface area (Å²) in [5.41, 5.74) is 3.65. The van der Waals surface area contributed by atoms with Gasteiger partial charge in [0, 0.05) is 55.4 Å². The normalized spacial score (nSPS) is 14.9. The van der Waals surface area contributed by atoms with E-state index in [1.54, 1.807) is 24.7 Å². The molecular weight excluding hydrogens is 366 g/mol. The van der Waals surface area contributed by atoms with E-state index in [1.165, 1.54) is 0 Å². The lowest BCUT2D eigenvalue weighted by molar-refractivity contribution is 0.0706. The lowest BCUT2D eigenvalue weighted by atomic mass is 9.89. The molecule has 1 aliphatic rings. The maximum Gasteiger partial charge on any atom is 0.271 e. The van der Waals surface area contributed by atoms with Crippen molar-refractivity contribution in [1.29, 1.82) is 0 Å². The van der Waals surface area contributed by atoms with Gasteiger partial charge in [-0.25, -0.2) is 9.97 Å². The Morgan fingerprint density at radius 2 is 1.93 bits per heavy atom. The molecule has 0 radical (unpaired) electrons. The van der Waals surface area contributed by atoms with Gasteiger partial charge < -0.3 is 10.2 Å². The van der Waals surface area contributed by atoms with Gasteiger partial charge in [-0.3, -0.25) is 14.9 Å².